The number of hydrogen-bond acceptors (Lipinski definition) is 6. The summed E-state index contributed by atoms with van der Waals surface area (Å²) in [5.41, 5.74) is 7.84. The molecule has 0 aromatic rings. The van der Waals surface area contributed by atoms with Gasteiger partial charge in [0, 0.05) is 4.91 Å². The molecule has 8 nitrogen and oxygen atoms in total. The van der Waals surface area contributed by atoms with E-state index in [0.717, 1.165) is 0 Å². The number of azide groups is 1. The first kappa shape index (κ1) is 11.8. The molecule has 4 atom stereocenters. The monoisotopic (exact) mass is 191 g/mol. The van der Waals surface area contributed by atoms with Crippen LogP contribution in [0.2, 0.25) is 0 Å². The fraction of sp³-hybridized carbons (Fsp3) is 0.800. The molecule has 0 saturated heterocycles. The summed E-state index contributed by atoms with van der Waals surface area (Å²) >= 11 is 0. The number of aldehydes is 1. The third kappa shape index (κ3) is 3.36. The molecule has 0 aliphatic rings. The summed E-state index contributed by atoms with van der Waals surface area (Å²) in [6, 6.07) is 0. The van der Waals surface area contributed by atoms with Gasteiger partial charge in [-0.2, -0.15) is 0 Å². The second-order valence-electron chi connectivity index (χ2n) is 2.23. The Kier molecular flexibility index (Phi) is 4.97. The molecule has 13 heavy (non-hydrogen) atoms. The molecule has 0 spiro atoms. The lowest BCUT2D eigenvalue weighted by Gasteiger charge is -2.20. The first-order chi connectivity index (χ1) is 6.04. The summed E-state index contributed by atoms with van der Waals surface area (Å²) in [5.74, 6) is 0. The zero-order valence-corrected chi connectivity index (χ0v) is 6.43. The van der Waals surface area contributed by atoms with Gasteiger partial charge in [-0.25, -0.2) is 0 Å². The Morgan fingerprint density at radius 3 is 2.15 bits per heavy atom. The van der Waals surface area contributed by atoms with Crippen molar-refractivity contribution in [2.75, 3.05) is 0 Å². The molecule has 0 aromatic carbocycles. The van der Waals surface area contributed by atoms with Gasteiger partial charge in [-0.15, -0.1) is 0 Å². The fourth-order valence-corrected chi connectivity index (χ4v) is 0.580. The van der Waals surface area contributed by atoms with E-state index in [1.807, 2.05) is 0 Å². The first-order valence-electron chi connectivity index (χ1n) is 3.26. The molecule has 0 bridgehead atoms. The Hall–Kier alpha value is -1.18. The summed E-state index contributed by atoms with van der Waals surface area (Å²) in [5, 5.41) is 38.0. The molecule has 8 heteroatoms. The van der Waals surface area contributed by atoms with Gasteiger partial charge in [-0.3, -0.25) is 0 Å². The maximum absolute atomic E-state index is 9.93. The van der Waals surface area contributed by atoms with E-state index in [0.29, 0.717) is 0 Å². The molecule has 0 radical (unpaired) electrons. The Morgan fingerprint density at radius 2 is 1.77 bits per heavy atom. The topological polar surface area (TPSA) is 147 Å². The molecule has 74 valence electrons. The molecule has 0 fully saturated rings. The molecule has 0 aliphatic heterocycles. The Bertz CT molecular complexity index is 216. The van der Waals surface area contributed by atoms with E-state index in [2.05, 4.69) is 10.0 Å². The zero-order valence-electron chi connectivity index (χ0n) is 6.43. The Labute approximate surface area is 72.7 Å². The predicted molar refractivity (Wildman–Crippen MR) is 39.2 cm³/mol. The largest absolute Gasteiger partial charge is 0.387 e. The van der Waals surface area contributed by atoms with Gasteiger partial charge in [-0.1, -0.05) is 5.11 Å². The van der Waals surface area contributed by atoms with Crippen LogP contribution in [-0.2, 0) is 4.79 Å². The van der Waals surface area contributed by atoms with Crippen LogP contribution in [-0.4, -0.2) is 51.3 Å². The average molecular weight is 191 g/mol. The molecule has 0 aromatic heterocycles. The summed E-state index contributed by atoms with van der Waals surface area (Å²) in [4.78, 5) is 12.1. The molecular weight excluding hydrogens is 182 g/mol. The average Bonchev–Trinajstić information content (AvgIpc) is 2.14. The van der Waals surface area contributed by atoms with Gasteiger partial charge >= 0.3 is 0 Å². The van der Waals surface area contributed by atoms with E-state index < -0.39 is 24.5 Å². The minimum Gasteiger partial charge on any atom is -0.387 e. The number of hydrogen-bond donors (Lipinski definition) is 4. The van der Waals surface area contributed by atoms with Crippen LogP contribution in [0.4, 0.5) is 0 Å². The van der Waals surface area contributed by atoms with Crippen LogP contribution in [0.5, 0.6) is 0 Å². The molecular formula is C5H9N3O5. The van der Waals surface area contributed by atoms with Crippen LogP contribution in [0, 0.1) is 0 Å². The van der Waals surface area contributed by atoms with Crippen molar-refractivity contribution in [1.82, 2.24) is 0 Å². The van der Waals surface area contributed by atoms with Crippen molar-refractivity contribution < 1.29 is 25.2 Å². The number of nitrogens with zero attached hydrogens (tertiary/aromatic N) is 3. The van der Waals surface area contributed by atoms with Crippen molar-refractivity contribution in [1.29, 1.82) is 0 Å². The van der Waals surface area contributed by atoms with Crippen LogP contribution in [0.3, 0.4) is 0 Å². The van der Waals surface area contributed by atoms with Gasteiger partial charge in [0.2, 0.25) is 0 Å². The SMILES string of the molecule is [N-]=[N+]=NC(O)[C@@H](O)[C@@H](O)[C@@H](O)C=O. The van der Waals surface area contributed by atoms with Crippen LogP contribution in [0.1, 0.15) is 0 Å². The van der Waals surface area contributed by atoms with Gasteiger partial charge in [0.05, 0.1) is 0 Å². The highest BCUT2D eigenvalue weighted by Crippen LogP contribution is 2.04. The maximum Gasteiger partial charge on any atom is 0.161 e. The van der Waals surface area contributed by atoms with Crippen molar-refractivity contribution in [2.24, 2.45) is 5.11 Å². The molecule has 0 saturated carbocycles. The number of carbonyl (C=O) groups is 1. The Balaban J connectivity index is 4.31. The Morgan fingerprint density at radius 1 is 1.23 bits per heavy atom. The van der Waals surface area contributed by atoms with Crippen LogP contribution in [0.25, 0.3) is 10.4 Å². The molecule has 0 heterocycles. The number of aliphatic hydroxyl groups excluding tert-OH is 4. The summed E-state index contributed by atoms with van der Waals surface area (Å²) in [6.45, 7) is 0. The van der Waals surface area contributed by atoms with Crippen molar-refractivity contribution in [3.8, 4) is 0 Å². The van der Waals surface area contributed by atoms with Crippen LogP contribution < -0.4 is 0 Å². The number of rotatable bonds is 5. The van der Waals surface area contributed by atoms with E-state index >= 15 is 0 Å². The summed E-state index contributed by atoms with van der Waals surface area (Å²) in [7, 11) is 0. The van der Waals surface area contributed by atoms with Gasteiger partial charge in [-0.05, 0) is 5.53 Å². The van der Waals surface area contributed by atoms with E-state index in [-0.39, 0.29) is 6.29 Å². The number of aliphatic hydroxyl groups is 4. The third-order valence-corrected chi connectivity index (χ3v) is 1.31. The standard InChI is InChI=1S/C5H9N3O5/c6-8-7-5(13)4(12)3(11)2(10)1-9/h1-5,10-13H/t2-,3-,4-,5?/m0/s1. The first-order valence-corrected chi connectivity index (χ1v) is 3.26. The summed E-state index contributed by atoms with van der Waals surface area (Å²) < 4.78 is 0. The molecule has 1 unspecified atom stereocenters. The third-order valence-electron chi connectivity index (χ3n) is 1.31. The normalized spacial score (nSPS) is 19.4. The highest BCUT2D eigenvalue weighted by molar-refractivity contribution is 5.56. The highest BCUT2D eigenvalue weighted by Gasteiger charge is 2.29. The molecule has 0 amide bonds. The maximum atomic E-state index is 9.93. The van der Waals surface area contributed by atoms with E-state index in [1.165, 1.54) is 0 Å². The van der Waals surface area contributed by atoms with Gasteiger partial charge in [0.1, 0.15) is 18.3 Å². The molecule has 0 rings (SSSR count). The second kappa shape index (κ2) is 5.46. The van der Waals surface area contributed by atoms with Crippen molar-refractivity contribution in [2.45, 2.75) is 24.5 Å². The summed E-state index contributed by atoms with van der Waals surface area (Å²) in [6.07, 6.45) is -7.56. The van der Waals surface area contributed by atoms with E-state index in [1.54, 1.807) is 0 Å². The lowest BCUT2D eigenvalue weighted by Crippen LogP contribution is -2.44. The van der Waals surface area contributed by atoms with Gasteiger partial charge in [0.25, 0.3) is 0 Å². The van der Waals surface area contributed by atoms with Crippen molar-refractivity contribution in [3.63, 3.8) is 0 Å². The van der Waals surface area contributed by atoms with Crippen molar-refractivity contribution in [3.05, 3.63) is 10.4 Å². The number of carbonyl (C=O) groups excluding carboxylic acids is 1. The van der Waals surface area contributed by atoms with Crippen molar-refractivity contribution >= 4 is 6.29 Å². The zero-order chi connectivity index (χ0) is 10.4. The van der Waals surface area contributed by atoms with Crippen LogP contribution in [0.15, 0.2) is 5.11 Å². The fourth-order valence-electron chi connectivity index (χ4n) is 0.580. The molecule has 0 aliphatic carbocycles. The van der Waals surface area contributed by atoms with Gasteiger partial charge in [0.15, 0.2) is 12.5 Å². The predicted octanol–water partition coefficient (Wildman–Crippen LogP) is -2.10. The smallest absolute Gasteiger partial charge is 0.161 e. The van der Waals surface area contributed by atoms with E-state index in [9.17, 15) is 4.79 Å². The highest BCUT2D eigenvalue weighted by atomic mass is 16.4. The quantitative estimate of drug-likeness (QED) is 0.170. The lowest BCUT2D eigenvalue weighted by atomic mass is 10.1. The minimum atomic E-state index is -1.91. The molecule has 4 N–H and O–H groups in total. The van der Waals surface area contributed by atoms with Gasteiger partial charge < -0.3 is 25.2 Å². The second-order valence-corrected chi connectivity index (χ2v) is 2.23. The van der Waals surface area contributed by atoms with E-state index in [4.69, 9.17) is 26.0 Å². The lowest BCUT2D eigenvalue weighted by molar-refractivity contribution is -0.133. The van der Waals surface area contributed by atoms with Crippen LogP contribution >= 0.6 is 0 Å². The minimum absolute atomic E-state index is 0.0172.